The molecule has 3 rings (SSSR count). The van der Waals surface area contributed by atoms with Crippen LogP contribution in [0, 0.1) is 27.7 Å². The highest BCUT2D eigenvalue weighted by molar-refractivity contribution is 8.01. The molecule has 25 heavy (non-hydrogen) atoms. The van der Waals surface area contributed by atoms with Crippen LogP contribution in [0.4, 0.5) is 5.82 Å². The van der Waals surface area contributed by atoms with E-state index in [-0.39, 0.29) is 11.7 Å². The molecule has 0 saturated heterocycles. The van der Waals surface area contributed by atoms with Crippen molar-refractivity contribution < 1.29 is 4.79 Å². The molecule has 3 aromatic rings. The van der Waals surface area contributed by atoms with Gasteiger partial charge in [-0.2, -0.15) is 9.78 Å². The lowest BCUT2D eigenvalue weighted by Crippen LogP contribution is -2.18. The van der Waals surface area contributed by atoms with E-state index in [2.05, 4.69) is 30.6 Å². The molecule has 130 valence electrons. The van der Waals surface area contributed by atoms with Crippen molar-refractivity contribution in [1.82, 2.24) is 29.9 Å². The van der Waals surface area contributed by atoms with E-state index < -0.39 is 0 Å². The van der Waals surface area contributed by atoms with E-state index in [1.165, 1.54) is 23.1 Å². The zero-order chi connectivity index (χ0) is 18.0. The number of carbonyl (C=O) groups excluding carboxylic acids is 1. The minimum Gasteiger partial charge on any atom is -0.310 e. The van der Waals surface area contributed by atoms with Gasteiger partial charge >= 0.3 is 0 Å². The average Bonchev–Trinajstić information content (AvgIpc) is 3.10. The summed E-state index contributed by atoms with van der Waals surface area (Å²) in [7, 11) is 0. The number of hydrogen-bond acceptors (Lipinski definition) is 8. The van der Waals surface area contributed by atoms with Gasteiger partial charge in [-0.3, -0.25) is 4.79 Å². The monoisotopic (exact) mass is 375 g/mol. The topological polar surface area (TPSA) is 98.5 Å². The number of aryl methyl sites for hydroxylation is 4. The summed E-state index contributed by atoms with van der Waals surface area (Å²) < 4.78 is 2.32. The van der Waals surface area contributed by atoms with Gasteiger partial charge in [-0.1, -0.05) is 23.1 Å². The number of carbonyl (C=O) groups is 1. The molecule has 0 spiro atoms. The molecule has 1 N–H and O–H groups in total. The lowest BCUT2D eigenvalue weighted by Gasteiger charge is -2.08. The van der Waals surface area contributed by atoms with Gasteiger partial charge in [-0.05, 0) is 33.8 Å². The van der Waals surface area contributed by atoms with Crippen LogP contribution in [0.3, 0.4) is 0 Å². The molecule has 10 heteroatoms. The molecule has 0 atom stereocenters. The lowest BCUT2D eigenvalue weighted by molar-refractivity contribution is -0.113. The molecule has 0 bridgehead atoms. The maximum atomic E-state index is 12.3. The van der Waals surface area contributed by atoms with E-state index in [0.29, 0.717) is 11.8 Å². The molecular weight excluding hydrogens is 358 g/mol. The molecule has 0 aliphatic carbocycles. The Morgan fingerprint density at radius 2 is 1.84 bits per heavy atom. The SMILES string of the molecule is Cc1cc(C)nc(-n2nc(C)cc2NC(=O)CSc2nnc(C)s2)n1. The van der Waals surface area contributed by atoms with Crippen molar-refractivity contribution in [3.05, 3.63) is 34.2 Å². The summed E-state index contributed by atoms with van der Waals surface area (Å²) in [5.41, 5.74) is 2.45. The molecule has 0 fully saturated rings. The van der Waals surface area contributed by atoms with Crippen LogP contribution in [0.5, 0.6) is 0 Å². The molecule has 3 aromatic heterocycles. The van der Waals surface area contributed by atoms with E-state index in [4.69, 9.17) is 0 Å². The average molecular weight is 375 g/mol. The molecule has 0 saturated carbocycles. The van der Waals surface area contributed by atoms with Crippen molar-refractivity contribution in [2.24, 2.45) is 0 Å². The molecule has 8 nitrogen and oxygen atoms in total. The predicted molar refractivity (Wildman–Crippen MR) is 97.4 cm³/mol. The zero-order valence-electron chi connectivity index (χ0n) is 14.3. The van der Waals surface area contributed by atoms with E-state index in [9.17, 15) is 4.79 Å². The molecule has 0 radical (unpaired) electrons. The van der Waals surface area contributed by atoms with Crippen molar-refractivity contribution >= 4 is 34.8 Å². The first-order chi connectivity index (χ1) is 11.9. The normalized spacial score (nSPS) is 10.9. The number of hydrogen-bond donors (Lipinski definition) is 1. The molecule has 0 unspecified atom stereocenters. The van der Waals surface area contributed by atoms with Crippen LogP contribution in [0.1, 0.15) is 22.1 Å². The molecule has 1 amide bonds. The van der Waals surface area contributed by atoms with Crippen LogP contribution >= 0.6 is 23.1 Å². The number of rotatable bonds is 5. The quantitative estimate of drug-likeness (QED) is 0.684. The van der Waals surface area contributed by atoms with E-state index in [1.54, 1.807) is 10.7 Å². The summed E-state index contributed by atoms with van der Waals surface area (Å²) in [4.78, 5) is 21.1. The van der Waals surface area contributed by atoms with Crippen LogP contribution < -0.4 is 5.32 Å². The summed E-state index contributed by atoms with van der Waals surface area (Å²) in [5.74, 6) is 1.07. The van der Waals surface area contributed by atoms with Gasteiger partial charge in [0.15, 0.2) is 4.34 Å². The second kappa shape index (κ2) is 7.28. The smallest absolute Gasteiger partial charge is 0.252 e. The molecule has 0 aliphatic rings. The number of nitrogens with one attached hydrogen (secondary N) is 1. The highest BCUT2D eigenvalue weighted by Crippen LogP contribution is 2.22. The minimum absolute atomic E-state index is 0.150. The third kappa shape index (κ3) is 4.40. The van der Waals surface area contributed by atoms with Gasteiger partial charge in [0.2, 0.25) is 5.91 Å². The first kappa shape index (κ1) is 17.5. The van der Waals surface area contributed by atoms with Crippen LogP contribution in [-0.4, -0.2) is 41.6 Å². The number of anilines is 1. The number of amides is 1. The zero-order valence-corrected chi connectivity index (χ0v) is 15.9. The highest BCUT2D eigenvalue weighted by Gasteiger charge is 2.14. The third-order valence-corrected chi connectivity index (χ3v) is 5.07. The van der Waals surface area contributed by atoms with Crippen molar-refractivity contribution in [1.29, 1.82) is 0 Å². The first-order valence-electron chi connectivity index (χ1n) is 7.53. The van der Waals surface area contributed by atoms with E-state index in [0.717, 1.165) is 26.4 Å². The van der Waals surface area contributed by atoms with Crippen LogP contribution in [-0.2, 0) is 4.79 Å². The van der Waals surface area contributed by atoms with Crippen LogP contribution in [0.2, 0.25) is 0 Å². The number of nitrogens with zero attached hydrogens (tertiary/aromatic N) is 6. The second-order valence-corrected chi connectivity index (χ2v) is 7.86. The number of thioether (sulfide) groups is 1. The Morgan fingerprint density at radius 3 is 2.48 bits per heavy atom. The standard InChI is InChI=1S/C15H17N7OS2/c1-8-5-9(2)17-14(16-8)22-12(6-10(3)21-22)18-13(23)7-24-15-20-19-11(4)25-15/h5-6H,7H2,1-4H3,(H,18,23). The molecular formula is C15H17N7OS2. The summed E-state index contributed by atoms with van der Waals surface area (Å²) in [6.45, 7) is 7.53. The summed E-state index contributed by atoms with van der Waals surface area (Å²) in [6.07, 6.45) is 0. The summed E-state index contributed by atoms with van der Waals surface area (Å²) in [5, 5.41) is 16.1. The maximum absolute atomic E-state index is 12.3. The van der Waals surface area contributed by atoms with Gasteiger partial charge < -0.3 is 5.32 Å². The Balaban J connectivity index is 1.75. The first-order valence-corrected chi connectivity index (χ1v) is 9.33. The van der Waals surface area contributed by atoms with Gasteiger partial charge in [0, 0.05) is 17.5 Å². The third-order valence-electron chi connectivity index (χ3n) is 3.09. The van der Waals surface area contributed by atoms with Crippen LogP contribution in [0.15, 0.2) is 16.5 Å². The van der Waals surface area contributed by atoms with E-state index >= 15 is 0 Å². The fourth-order valence-electron chi connectivity index (χ4n) is 2.19. The molecule has 3 heterocycles. The Hall–Kier alpha value is -2.33. The maximum Gasteiger partial charge on any atom is 0.252 e. The Kier molecular flexibility index (Phi) is 5.09. The van der Waals surface area contributed by atoms with Gasteiger partial charge in [-0.15, -0.1) is 10.2 Å². The fraction of sp³-hybridized carbons (Fsp3) is 0.333. The van der Waals surface area contributed by atoms with Crippen molar-refractivity contribution in [2.75, 3.05) is 11.1 Å². The number of aromatic nitrogens is 6. The Labute approximate surface area is 153 Å². The minimum atomic E-state index is -0.150. The van der Waals surface area contributed by atoms with Gasteiger partial charge in [0.25, 0.3) is 5.95 Å². The van der Waals surface area contributed by atoms with Crippen molar-refractivity contribution in [3.63, 3.8) is 0 Å². The molecule has 0 aromatic carbocycles. The predicted octanol–water partition coefficient (Wildman–Crippen LogP) is 2.48. The second-order valence-electron chi connectivity index (χ2n) is 5.46. The van der Waals surface area contributed by atoms with Gasteiger partial charge in [0.1, 0.15) is 10.8 Å². The van der Waals surface area contributed by atoms with E-state index in [1.807, 2.05) is 33.8 Å². The summed E-state index contributed by atoms with van der Waals surface area (Å²) in [6, 6.07) is 3.68. The highest BCUT2D eigenvalue weighted by atomic mass is 32.2. The van der Waals surface area contributed by atoms with Crippen molar-refractivity contribution in [2.45, 2.75) is 32.0 Å². The van der Waals surface area contributed by atoms with Crippen LogP contribution in [0.25, 0.3) is 5.95 Å². The van der Waals surface area contributed by atoms with Gasteiger partial charge in [0.05, 0.1) is 11.4 Å². The lowest BCUT2D eigenvalue weighted by atomic mass is 10.4. The fourth-order valence-corrected chi connectivity index (χ4v) is 3.80. The van der Waals surface area contributed by atoms with Gasteiger partial charge in [-0.25, -0.2) is 9.97 Å². The Bertz CT molecular complexity index is 898. The Morgan fingerprint density at radius 1 is 1.12 bits per heavy atom. The molecule has 0 aliphatic heterocycles. The largest absolute Gasteiger partial charge is 0.310 e. The summed E-state index contributed by atoms with van der Waals surface area (Å²) >= 11 is 2.82. The van der Waals surface area contributed by atoms with Crippen molar-refractivity contribution in [3.8, 4) is 5.95 Å².